The summed E-state index contributed by atoms with van der Waals surface area (Å²) in [5.74, 6) is 6.58. The van der Waals surface area contributed by atoms with Gasteiger partial charge in [0.2, 0.25) is 0 Å². The maximum atomic E-state index is 5.29. The van der Waals surface area contributed by atoms with E-state index in [1.165, 1.54) is 4.88 Å². The van der Waals surface area contributed by atoms with Gasteiger partial charge in [-0.25, -0.2) is 15.8 Å². The van der Waals surface area contributed by atoms with Crippen LogP contribution in [0.25, 0.3) is 10.7 Å². The Bertz CT molecular complexity index is 463. The minimum atomic E-state index is 0.613. The Morgan fingerprint density at radius 2 is 2.33 bits per heavy atom. The Morgan fingerprint density at radius 1 is 1.53 bits per heavy atom. The van der Waals surface area contributed by atoms with E-state index in [-0.39, 0.29) is 0 Å². The van der Waals surface area contributed by atoms with Gasteiger partial charge in [-0.3, -0.25) is 0 Å². The van der Waals surface area contributed by atoms with Crippen molar-refractivity contribution < 1.29 is 0 Å². The standard InChI is InChI=1S/C9H9BrN4S/c1-5-6(10)4-7(15-5)9-12-3-2-8(13-9)14-11/h2-4H,11H2,1H3,(H,12,13,14). The van der Waals surface area contributed by atoms with Gasteiger partial charge in [0.25, 0.3) is 0 Å². The molecule has 15 heavy (non-hydrogen) atoms. The Labute approximate surface area is 99.7 Å². The SMILES string of the molecule is Cc1sc(-c2nccc(NN)n2)cc1Br. The highest BCUT2D eigenvalue weighted by atomic mass is 79.9. The molecule has 0 aromatic carbocycles. The van der Waals surface area contributed by atoms with Gasteiger partial charge in [0.05, 0.1) is 4.88 Å². The second-order valence-corrected chi connectivity index (χ2v) is 5.04. The summed E-state index contributed by atoms with van der Waals surface area (Å²) in [6.45, 7) is 2.04. The fraction of sp³-hybridized carbons (Fsp3) is 0.111. The van der Waals surface area contributed by atoms with Gasteiger partial charge in [0, 0.05) is 21.6 Å². The number of nitrogens with two attached hydrogens (primary N) is 1. The van der Waals surface area contributed by atoms with Crippen molar-refractivity contribution in [1.82, 2.24) is 9.97 Å². The lowest BCUT2D eigenvalue weighted by Crippen LogP contribution is -2.08. The summed E-state index contributed by atoms with van der Waals surface area (Å²) < 4.78 is 1.08. The molecule has 0 atom stereocenters. The average Bonchev–Trinajstić information content (AvgIpc) is 2.59. The Balaban J connectivity index is 2.44. The summed E-state index contributed by atoms with van der Waals surface area (Å²) >= 11 is 5.11. The fourth-order valence-corrected chi connectivity index (χ4v) is 2.60. The molecule has 0 aliphatic carbocycles. The molecule has 78 valence electrons. The molecule has 3 N–H and O–H groups in total. The number of halogens is 1. The highest BCUT2D eigenvalue weighted by molar-refractivity contribution is 9.10. The summed E-state index contributed by atoms with van der Waals surface area (Å²) in [5.41, 5.74) is 2.50. The molecule has 0 saturated heterocycles. The number of anilines is 1. The minimum Gasteiger partial charge on any atom is -0.308 e. The van der Waals surface area contributed by atoms with Gasteiger partial charge in [-0.1, -0.05) is 0 Å². The third-order valence-electron chi connectivity index (χ3n) is 1.88. The van der Waals surface area contributed by atoms with Gasteiger partial charge in [0.1, 0.15) is 5.82 Å². The van der Waals surface area contributed by atoms with E-state index < -0.39 is 0 Å². The van der Waals surface area contributed by atoms with Crippen LogP contribution in [0, 0.1) is 6.92 Å². The summed E-state index contributed by atoms with van der Waals surface area (Å²) in [5, 5.41) is 0. The number of rotatable bonds is 2. The zero-order valence-corrected chi connectivity index (χ0v) is 10.4. The monoisotopic (exact) mass is 284 g/mol. The molecule has 0 saturated carbocycles. The van der Waals surface area contributed by atoms with Crippen molar-refractivity contribution >= 4 is 33.1 Å². The van der Waals surface area contributed by atoms with Crippen molar-refractivity contribution in [2.45, 2.75) is 6.92 Å². The van der Waals surface area contributed by atoms with Gasteiger partial charge >= 0.3 is 0 Å². The van der Waals surface area contributed by atoms with Crippen molar-refractivity contribution in [1.29, 1.82) is 0 Å². The lowest BCUT2D eigenvalue weighted by atomic mass is 10.4. The van der Waals surface area contributed by atoms with Crippen LogP contribution in [0.2, 0.25) is 0 Å². The summed E-state index contributed by atoms with van der Waals surface area (Å²) in [6.07, 6.45) is 1.68. The topological polar surface area (TPSA) is 63.8 Å². The first-order chi connectivity index (χ1) is 7.20. The molecule has 0 aliphatic heterocycles. The van der Waals surface area contributed by atoms with Crippen LogP contribution < -0.4 is 11.3 Å². The molecule has 2 rings (SSSR count). The van der Waals surface area contributed by atoms with Crippen LogP contribution in [-0.4, -0.2) is 9.97 Å². The lowest BCUT2D eigenvalue weighted by Gasteiger charge is -1.99. The average molecular weight is 285 g/mol. The van der Waals surface area contributed by atoms with Gasteiger partial charge in [-0.05, 0) is 28.9 Å². The van der Waals surface area contributed by atoms with E-state index in [2.05, 4.69) is 31.3 Å². The van der Waals surface area contributed by atoms with Crippen molar-refractivity contribution in [2.24, 2.45) is 5.84 Å². The van der Waals surface area contributed by atoms with Gasteiger partial charge in [-0.15, -0.1) is 11.3 Å². The van der Waals surface area contributed by atoms with Crippen LogP contribution in [-0.2, 0) is 0 Å². The second-order valence-electron chi connectivity index (χ2n) is 2.92. The van der Waals surface area contributed by atoms with Gasteiger partial charge in [0.15, 0.2) is 5.82 Å². The number of thiophene rings is 1. The second kappa shape index (κ2) is 4.26. The third kappa shape index (κ3) is 2.17. The summed E-state index contributed by atoms with van der Waals surface area (Å²) in [7, 11) is 0. The molecular weight excluding hydrogens is 276 g/mol. The van der Waals surface area contributed by atoms with Crippen LogP contribution in [0.5, 0.6) is 0 Å². The molecule has 4 nitrogen and oxygen atoms in total. The number of aryl methyl sites for hydroxylation is 1. The maximum absolute atomic E-state index is 5.29. The first-order valence-corrected chi connectivity index (χ1v) is 5.87. The highest BCUT2D eigenvalue weighted by Gasteiger charge is 2.07. The number of hydrazine groups is 1. The molecule has 0 radical (unpaired) electrons. The van der Waals surface area contributed by atoms with E-state index in [1.807, 2.05) is 13.0 Å². The van der Waals surface area contributed by atoms with Crippen molar-refractivity contribution in [3.63, 3.8) is 0 Å². The Morgan fingerprint density at radius 3 is 2.93 bits per heavy atom. The van der Waals surface area contributed by atoms with Crippen molar-refractivity contribution in [2.75, 3.05) is 5.43 Å². The zero-order valence-electron chi connectivity index (χ0n) is 7.99. The van der Waals surface area contributed by atoms with Crippen LogP contribution >= 0.6 is 27.3 Å². The minimum absolute atomic E-state index is 0.613. The third-order valence-corrected chi connectivity index (χ3v) is 4.01. The number of nitrogen functional groups attached to an aromatic ring is 1. The van der Waals surface area contributed by atoms with E-state index in [4.69, 9.17) is 5.84 Å². The van der Waals surface area contributed by atoms with Crippen LogP contribution in [0.1, 0.15) is 4.88 Å². The number of nitrogens with one attached hydrogen (secondary N) is 1. The molecule has 0 fully saturated rings. The van der Waals surface area contributed by atoms with Crippen LogP contribution in [0.15, 0.2) is 22.8 Å². The lowest BCUT2D eigenvalue weighted by molar-refractivity contribution is 1.15. The van der Waals surface area contributed by atoms with Crippen molar-refractivity contribution in [3.05, 3.63) is 27.7 Å². The van der Waals surface area contributed by atoms with E-state index >= 15 is 0 Å². The quantitative estimate of drug-likeness (QED) is 0.657. The molecule has 0 spiro atoms. The largest absolute Gasteiger partial charge is 0.308 e. The first-order valence-electron chi connectivity index (χ1n) is 4.26. The summed E-state index contributed by atoms with van der Waals surface area (Å²) in [6, 6.07) is 3.73. The Kier molecular flexibility index (Phi) is 2.99. The zero-order chi connectivity index (χ0) is 10.8. The van der Waals surface area contributed by atoms with Crippen LogP contribution in [0.3, 0.4) is 0 Å². The van der Waals surface area contributed by atoms with Gasteiger partial charge < -0.3 is 5.43 Å². The fourth-order valence-electron chi connectivity index (χ4n) is 1.13. The van der Waals surface area contributed by atoms with E-state index in [0.717, 1.165) is 9.35 Å². The number of nitrogens with zero attached hydrogens (tertiary/aromatic N) is 2. The molecule has 2 aromatic rings. The van der Waals surface area contributed by atoms with Crippen molar-refractivity contribution in [3.8, 4) is 10.7 Å². The van der Waals surface area contributed by atoms with Gasteiger partial charge in [-0.2, -0.15) is 0 Å². The highest BCUT2D eigenvalue weighted by Crippen LogP contribution is 2.32. The number of hydrogen-bond donors (Lipinski definition) is 2. The number of hydrogen-bond acceptors (Lipinski definition) is 5. The van der Waals surface area contributed by atoms with E-state index in [9.17, 15) is 0 Å². The van der Waals surface area contributed by atoms with E-state index in [0.29, 0.717) is 11.6 Å². The maximum Gasteiger partial charge on any atom is 0.171 e. The predicted octanol–water partition coefficient (Wildman–Crippen LogP) is 2.56. The molecule has 2 heterocycles. The molecular formula is C9H9BrN4S. The molecule has 0 amide bonds. The van der Waals surface area contributed by atoms with Crippen LogP contribution in [0.4, 0.5) is 5.82 Å². The number of aromatic nitrogens is 2. The van der Waals surface area contributed by atoms with E-state index in [1.54, 1.807) is 23.6 Å². The molecule has 6 heteroatoms. The first kappa shape index (κ1) is 10.5. The molecule has 2 aromatic heterocycles. The molecule has 0 bridgehead atoms. The Hall–Kier alpha value is -0.980. The molecule has 0 aliphatic rings. The normalized spacial score (nSPS) is 10.3. The summed E-state index contributed by atoms with van der Waals surface area (Å²) in [4.78, 5) is 10.7. The predicted molar refractivity (Wildman–Crippen MR) is 65.6 cm³/mol. The molecule has 0 unspecified atom stereocenters. The smallest absolute Gasteiger partial charge is 0.171 e.